The molecule has 0 saturated carbocycles. The van der Waals surface area contributed by atoms with Crippen LogP contribution in [0.15, 0.2) is 85.1 Å². The minimum atomic E-state index is -0.471. The predicted octanol–water partition coefficient (Wildman–Crippen LogP) is 6.98. The summed E-state index contributed by atoms with van der Waals surface area (Å²) in [6, 6.07) is 20.6. The van der Waals surface area contributed by atoms with Crippen molar-refractivity contribution in [2.75, 3.05) is 20.3 Å². The van der Waals surface area contributed by atoms with Crippen molar-refractivity contribution in [2.45, 2.75) is 45.6 Å². The molecule has 0 unspecified atom stereocenters. The average molecular weight is 532 g/mol. The van der Waals surface area contributed by atoms with E-state index in [0.717, 1.165) is 24.2 Å². The van der Waals surface area contributed by atoms with Gasteiger partial charge >= 0.3 is 5.97 Å². The number of nitrogens with zero attached hydrogens (tertiary/aromatic N) is 1. The van der Waals surface area contributed by atoms with Crippen LogP contribution in [0.5, 0.6) is 17.2 Å². The van der Waals surface area contributed by atoms with Gasteiger partial charge < -0.3 is 24.2 Å². The summed E-state index contributed by atoms with van der Waals surface area (Å²) >= 11 is 0. The third kappa shape index (κ3) is 9.52. The zero-order valence-electron chi connectivity index (χ0n) is 22.7. The minimum absolute atomic E-state index is 0.0137. The number of ether oxygens (including phenoxy) is 3. The molecule has 0 aromatic heterocycles. The highest BCUT2D eigenvalue weighted by Crippen LogP contribution is 2.20. The zero-order valence-corrected chi connectivity index (χ0v) is 22.7. The van der Waals surface area contributed by atoms with Crippen molar-refractivity contribution in [3.8, 4) is 17.2 Å². The molecule has 7 heteroatoms. The molecule has 0 radical (unpaired) electrons. The maximum Gasteiger partial charge on any atom is 0.343 e. The van der Waals surface area contributed by atoms with Gasteiger partial charge in [-0.15, -0.1) is 0 Å². The molecule has 1 N–H and O–H groups in total. The fraction of sp³-hybridized carbons (Fsp3) is 0.312. The van der Waals surface area contributed by atoms with E-state index in [0.29, 0.717) is 29.2 Å². The van der Waals surface area contributed by atoms with Crippen molar-refractivity contribution in [3.05, 3.63) is 102 Å². The van der Waals surface area contributed by atoms with E-state index in [-0.39, 0.29) is 24.8 Å². The first-order chi connectivity index (χ1) is 18.9. The Morgan fingerprint density at radius 2 is 1.38 bits per heavy atom. The lowest BCUT2D eigenvalue weighted by Gasteiger charge is -2.22. The van der Waals surface area contributed by atoms with E-state index in [9.17, 15) is 14.7 Å². The minimum Gasteiger partial charge on any atom is -0.511 e. The Labute approximate surface area is 230 Å². The predicted molar refractivity (Wildman–Crippen MR) is 152 cm³/mol. The smallest absolute Gasteiger partial charge is 0.343 e. The van der Waals surface area contributed by atoms with Crippen LogP contribution in [0.2, 0.25) is 0 Å². The zero-order chi connectivity index (χ0) is 28.0. The highest BCUT2D eigenvalue weighted by Gasteiger charge is 2.18. The van der Waals surface area contributed by atoms with Crippen molar-refractivity contribution < 1.29 is 28.9 Å². The van der Waals surface area contributed by atoms with Crippen LogP contribution in [0.3, 0.4) is 0 Å². The Balaban J connectivity index is 1.55. The Kier molecular flexibility index (Phi) is 11.4. The number of benzene rings is 3. The van der Waals surface area contributed by atoms with Crippen LogP contribution < -0.4 is 14.2 Å². The molecule has 0 aliphatic rings. The van der Waals surface area contributed by atoms with Crippen LogP contribution in [-0.4, -0.2) is 42.1 Å². The molecule has 0 saturated heterocycles. The van der Waals surface area contributed by atoms with Crippen LogP contribution >= 0.6 is 0 Å². The second-order valence-electron chi connectivity index (χ2n) is 9.28. The maximum absolute atomic E-state index is 13.0. The molecule has 0 aliphatic carbocycles. The molecule has 0 spiro atoms. The second-order valence-corrected chi connectivity index (χ2v) is 9.28. The molecule has 39 heavy (non-hydrogen) atoms. The number of aliphatic hydroxyl groups excluding tert-OH is 1. The van der Waals surface area contributed by atoms with Gasteiger partial charge in [-0.25, -0.2) is 4.79 Å². The van der Waals surface area contributed by atoms with E-state index in [1.807, 2.05) is 0 Å². The molecule has 0 aliphatic heterocycles. The summed E-state index contributed by atoms with van der Waals surface area (Å²) < 4.78 is 16.4. The number of aliphatic hydroxyl groups is 1. The van der Waals surface area contributed by atoms with Crippen LogP contribution in [0, 0.1) is 0 Å². The number of rotatable bonds is 15. The summed E-state index contributed by atoms with van der Waals surface area (Å²) in [6.45, 7) is 6.60. The second kappa shape index (κ2) is 15.2. The van der Waals surface area contributed by atoms with Crippen LogP contribution in [0.25, 0.3) is 0 Å². The highest BCUT2D eigenvalue weighted by atomic mass is 16.5. The summed E-state index contributed by atoms with van der Waals surface area (Å²) in [7, 11) is 1.56. The highest BCUT2D eigenvalue weighted by molar-refractivity contribution is 5.94. The van der Waals surface area contributed by atoms with Gasteiger partial charge in [-0.3, -0.25) is 4.79 Å². The van der Waals surface area contributed by atoms with Crippen LogP contribution in [0.1, 0.15) is 65.3 Å². The largest absolute Gasteiger partial charge is 0.511 e. The number of carbonyl (C=O) groups is 2. The summed E-state index contributed by atoms with van der Waals surface area (Å²) in [5.74, 6) is 0.911. The molecule has 7 nitrogen and oxygen atoms in total. The first-order valence-corrected chi connectivity index (χ1v) is 13.2. The van der Waals surface area contributed by atoms with E-state index >= 15 is 0 Å². The van der Waals surface area contributed by atoms with Gasteiger partial charge in [0.15, 0.2) is 0 Å². The number of hydrogen-bond acceptors (Lipinski definition) is 6. The lowest BCUT2D eigenvalue weighted by atomic mass is 10.1. The van der Waals surface area contributed by atoms with Gasteiger partial charge in [0.2, 0.25) is 0 Å². The Morgan fingerprint density at radius 3 is 2.00 bits per heavy atom. The third-order valence-electron chi connectivity index (χ3n) is 6.11. The van der Waals surface area contributed by atoms with Crippen molar-refractivity contribution in [1.29, 1.82) is 0 Å². The number of hydrogen-bond donors (Lipinski definition) is 1. The summed E-state index contributed by atoms with van der Waals surface area (Å²) in [5, 5.41) is 9.76. The van der Waals surface area contributed by atoms with Crippen molar-refractivity contribution in [1.82, 2.24) is 4.90 Å². The van der Waals surface area contributed by atoms with Gasteiger partial charge in [-0.2, -0.15) is 0 Å². The van der Waals surface area contributed by atoms with Gasteiger partial charge in [0.05, 0.1) is 25.8 Å². The summed E-state index contributed by atoms with van der Waals surface area (Å²) in [5.41, 5.74) is 1.69. The number of methoxy groups -OCH3 is 1. The van der Waals surface area contributed by atoms with Gasteiger partial charge in [0, 0.05) is 12.1 Å². The van der Waals surface area contributed by atoms with Crippen molar-refractivity contribution in [3.63, 3.8) is 0 Å². The number of unbranched alkanes of at least 4 members (excludes halogenated alkanes) is 4. The number of amides is 1. The lowest BCUT2D eigenvalue weighted by Crippen LogP contribution is -2.32. The molecular formula is C32H37NO6. The molecule has 3 rings (SSSR count). The third-order valence-corrected chi connectivity index (χ3v) is 6.11. The molecule has 0 heterocycles. The SMILES string of the molecule is C=C(O)CN(Cc1ccc(OC(=O)c2ccc(OCCCCCCC)cc2)cc1)C(=O)c1ccc(OC)cc1. The van der Waals surface area contributed by atoms with E-state index in [4.69, 9.17) is 14.2 Å². The molecular weight excluding hydrogens is 494 g/mol. The maximum atomic E-state index is 13.0. The van der Waals surface area contributed by atoms with E-state index in [1.54, 1.807) is 79.9 Å². The monoisotopic (exact) mass is 531 g/mol. The molecule has 3 aromatic carbocycles. The first-order valence-electron chi connectivity index (χ1n) is 13.2. The van der Waals surface area contributed by atoms with Crippen molar-refractivity contribution >= 4 is 11.9 Å². The lowest BCUT2D eigenvalue weighted by molar-refractivity contribution is 0.0732. The standard InChI is InChI=1S/C32H37NO6/c1-4-5-6-7-8-21-38-29-19-13-27(14-20-29)32(36)39-30-15-9-25(10-16-30)23-33(22-24(2)34)31(35)26-11-17-28(37-3)18-12-26/h9-20,34H,2,4-8,21-23H2,1,3H3. The van der Waals surface area contributed by atoms with Crippen molar-refractivity contribution in [2.24, 2.45) is 0 Å². The number of carbonyl (C=O) groups excluding carboxylic acids is 2. The topological polar surface area (TPSA) is 85.3 Å². The Morgan fingerprint density at radius 1 is 0.795 bits per heavy atom. The van der Waals surface area contributed by atoms with Gasteiger partial charge in [-0.05, 0) is 72.6 Å². The molecule has 0 bridgehead atoms. The van der Waals surface area contributed by atoms with Crippen LogP contribution in [-0.2, 0) is 6.54 Å². The average Bonchev–Trinajstić information content (AvgIpc) is 2.95. The van der Waals surface area contributed by atoms with Crippen LogP contribution in [0.4, 0.5) is 0 Å². The summed E-state index contributed by atoms with van der Waals surface area (Å²) in [6.07, 6.45) is 5.87. The fourth-order valence-corrected chi connectivity index (χ4v) is 3.97. The summed E-state index contributed by atoms with van der Waals surface area (Å²) in [4.78, 5) is 27.1. The van der Waals surface area contributed by atoms with E-state index < -0.39 is 5.97 Å². The van der Waals surface area contributed by atoms with E-state index in [2.05, 4.69) is 13.5 Å². The quantitative estimate of drug-likeness (QED) is 0.0986. The first kappa shape index (κ1) is 29.3. The van der Waals surface area contributed by atoms with Gasteiger partial charge in [0.1, 0.15) is 23.0 Å². The van der Waals surface area contributed by atoms with E-state index in [1.165, 1.54) is 24.2 Å². The molecule has 3 aromatic rings. The number of esters is 1. The molecule has 1 amide bonds. The van der Waals surface area contributed by atoms with Gasteiger partial charge in [-0.1, -0.05) is 51.3 Å². The van der Waals surface area contributed by atoms with Gasteiger partial charge in [0.25, 0.3) is 5.91 Å². The molecule has 0 atom stereocenters. The Hall–Kier alpha value is -4.26. The fourth-order valence-electron chi connectivity index (χ4n) is 3.97. The Bertz CT molecular complexity index is 1200. The molecule has 0 fully saturated rings. The molecule has 206 valence electrons. The normalized spacial score (nSPS) is 10.5.